The van der Waals surface area contributed by atoms with Gasteiger partial charge in [-0.25, -0.2) is 0 Å². The Hall–Kier alpha value is -2.57. The molecular weight excluding hydrogens is 426 g/mol. The van der Waals surface area contributed by atoms with Gasteiger partial charge in [-0.05, 0) is 56.1 Å². The van der Waals surface area contributed by atoms with Crippen molar-refractivity contribution in [1.82, 2.24) is 15.1 Å². The summed E-state index contributed by atoms with van der Waals surface area (Å²) in [5.74, 6) is 0.817. The van der Waals surface area contributed by atoms with Crippen molar-refractivity contribution in [2.45, 2.75) is 25.7 Å². The van der Waals surface area contributed by atoms with Crippen LogP contribution in [0.4, 0.5) is 0 Å². The van der Waals surface area contributed by atoms with E-state index in [4.69, 9.17) is 16.3 Å². The fourth-order valence-electron chi connectivity index (χ4n) is 3.84. The van der Waals surface area contributed by atoms with Crippen LogP contribution >= 0.6 is 11.6 Å². The predicted octanol–water partition coefficient (Wildman–Crippen LogP) is 4.08. The van der Waals surface area contributed by atoms with Crippen molar-refractivity contribution < 1.29 is 14.3 Å². The first-order valence-electron chi connectivity index (χ1n) is 11.2. The third kappa shape index (κ3) is 6.47. The summed E-state index contributed by atoms with van der Waals surface area (Å²) in [4.78, 5) is 28.8. The average Bonchev–Trinajstić information content (AvgIpc) is 2.81. The summed E-state index contributed by atoms with van der Waals surface area (Å²) in [6, 6.07) is 12.9. The molecule has 0 aromatic heterocycles. The zero-order valence-electron chi connectivity index (χ0n) is 18.9. The van der Waals surface area contributed by atoms with Crippen LogP contribution in [0.15, 0.2) is 42.5 Å². The number of likely N-dealkylation sites (N-methyl/N-ethyl adjacent to an activating group) is 1. The van der Waals surface area contributed by atoms with E-state index in [0.29, 0.717) is 29.2 Å². The first-order chi connectivity index (χ1) is 15.5. The molecule has 0 aliphatic carbocycles. The Morgan fingerprint density at radius 3 is 2.53 bits per heavy atom. The van der Waals surface area contributed by atoms with Crippen molar-refractivity contribution in [3.63, 3.8) is 0 Å². The van der Waals surface area contributed by atoms with E-state index in [1.54, 1.807) is 25.2 Å². The third-order valence-electron chi connectivity index (χ3n) is 5.77. The Bertz CT molecular complexity index is 926. The molecule has 0 atom stereocenters. The van der Waals surface area contributed by atoms with Gasteiger partial charge in [-0.3, -0.25) is 9.59 Å². The Kier molecular flexibility index (Phi) is 8.94. The smallest absolute Gasteiger partial charge is 0.251 e. The molecule has 0 radical (unpaired) electrons. The molecule has 1 saturated heterocycles. The highest BCUT2D eigenvalue weighted by molar-refractivity contribution is 6.34. The molecule has 2 amide bonds. The molecular formula is C25H32ClN3O3. The van der Waals surface area contributed by atoms with Crippen LogP contribution in [0, 0.1) is 0 Å². The topological polar surface area (TPSA) is 61.9 Å². The summed E-state index contributed by atoms with van der Waals surface area (Å²) in [5, 5.41) is 3.18. The van der Waals surface area contributed by atoms with Gasteiger partial charge in [0.2, 0.25) is 5.91 Å². The molecule has 2 aromatic carbocycles. The van der Waals surface area contributed by atoms with Crippen LogP contribution in [0.5, 0.6) is 5.75 Å². The molecule has 0 spiro atoms. The van der Waals surface area contributed by atoms with Gasteiger partial charge in [0.05, 0.1) is 6.61 Å². The van der Waals surface area contributed by atoms with E-state index in [2.05, 4.69) is 17.3 Å². The molecule has 0 saturated carbocycles. The van der Waals surface area contributed by atoms with Crippen LogP contribution in [0.2, 0.25) is 5.02 Å². The Balaban J connectivity index is 1.47. The Morgan fingerprint density at radius 1 is 1.03 bits per heavy atom. The summed E-state index contributed by atoms with van der Waals surface area (Å²) in [6.45, 7) is 4.16. The third-order valence-corrected chi connectivity index (χ3v) is 6.08. The number of nitrogens with one attached hydrogen (secondary N) is 1. The summed E-state index contributed by atoms with van der Waals surface area (Å²) in [6.07, 6.45) is 3.32. The fraction of sp³-hybridized carbons (Fsp3) is 0.440. The number of unbranched alkanes of at least 4 members (excludes halogenated alkanes) is 2. The molecule has 7 heteroatoms. The minimum absolute atomic E-state index is 0.181. The van der Waals surface area contributed by atoms with Crippen molar-refractivity contribution >= 4 is 23.4 Å². The number of hydrogen-bond donors (Lipinski definition) is 1. The predicted molar refractivity (Wildman–Crippen MR) is 128 cm³/mol. The van der Waals surface area contributed by atoms with E-state index in [0.717, 1.165) is 56.8 Å². The lowest BCUT2D eigenvalue weighted by atomic mass is 9.99. The Morgan fingerprint density at radius 2 is 1.78 bits per heavy atom. The lowest BCUT2D eigenvalue weighted by Gasteiger charge is -2.32. The maximum absolute atomic E-state index is 12.3. The SMILES string of the molecule is CNC(=O)c1cccc(Cl)c1-c1cccc(OCCCCCC(=O)N2CCN(C)CC2)c1. The normalized spacial score (nSPS) is 14.3. The zero-order chi connectivity index (χ0) is 22.9. The fourth-order valence-corrected chi connectivity index (χ4v) is 4.13. The van der Waals surface area contributed by atoms with E-state index in [-0.39, 0.29) is 11.8 Å². The number of carbonyl (C=O) groups is 2. The number of carbonyl (C=O) groups excluding carboxylic acids is 2. The van der Waals surface area contributed by atoms with Crippen molar-refractivity contribution in [1.29, 1.82) is 0 Å². The molecule has 1 aliphatic rings. The quantitative estimate of drug-likeness (QED) is 0.576. The lowest BCUT2D eigenvalue weighted by Crippen LogP contribution is -2.47. The van der Waals surface area contributed by atoms with Gasteiger partial charge in [0.1, 0.15) is 5.75 Å². The summed E-state index contributed by atoms with van der Waals surface area (Å²) >= 11 is 6.41. The second-order valence-electron chi connectivity index (χ2n) is 8.11. The number of amides is 2. The molecule has 1 N–H and O–H groups in total. The van der Waals surface area contributed by atoms with Crippen LogP contribution in [0.1, 0.15) is 36.0 Å². The number of halogens is 1. The van der Waals surface area contributed by atoms with Gasteiger partial charge >= 0.3 is 0 Å². The largest absolute Gasteiger partial charge is 0.494 e. The first kappa shape index (κ1) is 24.1. The maximum Gasteiger partial charge on any atom is 0.251 e. The minimum atomic E-state index is -0.181. The second-order valence-corrected chi connectivity index (χ2v) is 8.52. The highest BCUT2D eigenvalue weighted by Crippen LogP contribution is 2.33. The molecule has 2 aromatic rings. The standard InChI is InChI=1S/C25H32ClN3O3/c1-27-25(31)21-10-7-11-22(26)24(21)19-8-6-9-20(18-19)32-17-5-3-4-12-23(30)29-15-13-28(2)14-16-29/h6-11,18H,3-5,12-17H2,1-2H3,(H,27,31). The van der Waals surface area contributed by atoms with Crippen molar-refractivity contribution in [3.05, 3.63) is 53.1 Å². The second kappa shape index (κ2) is 11.9. The molecule has 3 rings (SSSR count). The van der Waals surface area contributed by atoms with Crippen LogP contribution in [-0.2, 0) is 4.79 Å². The van der Waals surface area contributed by atoms with Crippen LogP contribution in [0.25, 0.3) is 11.1 Å². The molecule has 32 heavy (non-hydrogen) atoms. The highest BCUT2D eigenvalue weighted by atomic mass is 35.5. The summed E-state index contributed by atoms with van der Waals surface area (Å²) < 4.78 is 5.93. The molecule has 1 heterocycles. The molecule has 0 unspecified atom stereocenters. The monoisotopic (exact) mass is 457 g/mol. The van der Waals surface area contributed by atoms with E-state index in [1.807, 2.05) is 29.2 Å². The van der Waals surface area contributed by atoms with Crippen LogP contribution in [0.3, 0.4) is 0 Å². The number of nitrogens with zero attached hydrogens (tertiary/aromatic N) is 2. The number of ether oxygens (including phenoxy) is 1. The zero-order valence-corrected chi connectivity index (χ0v) is 19.7. The van der Waals surface area contributed by atoms with Crippen molar-refractivity contribution in [2.24, 2.45) is 0 Å². The highest BCUT2D eigenvalue weighted by Gasteiger charge is 2.18. The molecule has 0 bridgehead atoms. The van der Waals surface area contributed by atoms with E-state index in [1.165, 1.54) is 0 Å². The van der Waals surface area contributed by atoms with Gasteiger partial charge in [-0.1, -0.05) is 29.8 Å². The van der Waals surface area contributed by atoms with Crippen LogP contribution in [-0.4, -0.2) is 68.5 Å². The van der Waals surface area contributed by atoms with E-state index >= 15 is 0 Å². The molecule has 1 fully saturated rings. The van der Waals surface area contributed by atoms with Gasteiger partial charge in [-0.15, -0.1) is 0 Å². The molecule has 1 aliphatic heterocycles. The van der Waals surface area contributed by atoms with Gasteiger partial charge in [0.25, 0.3) is 5.91 Å². The summed E-state index contributed by atoms with van der Waals surface area (Å²) in [5.41, 5.74) is 2.06. The van der Waals surface area contributed by atoms with Gasteiger partial charge in [0, 0.05) is 55.8 Å². The molecule has 6 nitrogen and oxygen atoms in total. The Labute approximate surface area is 195 Å². The van der Waals surface area contributed by atoms with Gasteiger partial charge in [-0.2, -0.15) is 0 Å². The minimum Gasteiger partial charge on any atom is -0.494 e. The van der Waals surface area contributed by atoms with Gasteiger partial charge in [0.15, 0.2) is 0 Å². The number of rotatable bonds is 9. The van der Waals surface area contributed by atoms with Crippen LogP contribution < -0.4 is 10.1 Å². The summed E-state index contributed by atoms with van der Waals surface area (Å²) in [7, 11) is 3.69. The number of benzene rings is 2. The van der Waals surface area contributed by atoms with Gasteiger partial charge < -0.3 is 19.9 Å². The van der Waals surface area contributed by atoms with E-state index < -0.39 is 0 Å². The number of piperazine rings is 1. The van der Waals surface area contributed by atoms with E-state index in [9.17, 15) is 9.59 Å². The maximum atomic E-state index is 12.3. The first-order valence-corrected chi connectivity index (χ1v) is 11.6. The lowest BCUT2D eigenvalue weighted by molar-refractivity contribution is -0.132. The number of hydrogen-bond acceptors (Lipinski definition) is 4. The molecule has 172 valence electrons. The van der Waals surface area contributed by atoms with Crippen molar-refractivity contribution in [3.8, 4) is 16.9 Å². The van der Waals surface area contributed by atoms with Crippen molar-refractivity contribution in [2.75, 3.05) is 46.9 Å². The average molecular weight is 458 g/mol.